The number of carbonyl (C=O) groups excluding carboxylic acids is 2. The van der Waals surface area contributed by atoms with Crippen LogP contribution >= 0.6 is 0 Å². The van der Waals surface area contributed by atoms with E-state index in [4.69, 9.17) is 0 Å². The SMILES string of the molecule is O=C(N1CC(CN2C(=O)C3(CC3)N=C2c2ccc(-c3ccc4ccc(F)cc4c3)cc2F)C1)C1(O)CC1. The van der Waals surface area contributed by atoms with Crippen LogP contribution in [-0.4, -0.2) is 63.3 Å². The van der Waals surface area contributed by atoms with Crippen molar-refractivity contribution in [3.05, 3.63) is 71.8 Å². The summed E-state index contributed by atoms with van der Waals surface area (Å²) in [7, 11) is 0. The Labute approximate surface area is 212 Å². The highest BCUT2D eigenvalue weighted by molar-refractivity contribution is 6.16. The molecule has 2 heterocycles. The second-order valence-corrected chi connectivity index (χ2v) is 10.9. The maximum absolute atomic E-state index is 15.5. The Morgan fingerprint density at radius 3 is 2.35 bits per heavy atom. The molecular weight excluding hydrogens is 476 g/mol. The summed E-state index contributed by atoms with van der Waals surface area (Å²) in [4.78, 5) is 33.5. The molecule has 0 radical (unpaired) electrons. The number of nitrogens with zero attached hydrogens (tertiary/aromatic N) is 3. The van der Waals surface area contributed by atoms with Gasteiger partial charge in [-0.3, -0.25) is 19.5 Å². The zero-order valence-electron chi connectivity index (χ0n) is 20.1. The summed E-state index contributed by atoms with van der Waals surface area (Å²) in [5.41, 5.74) is -0.280. The number of rotatable bonds is 5. The van der Waals surface area contributed by atoms with Crippen LogP contribution in [0.3, 0.4) is 0 Å². The third-order valence-corrected chi connectivity index (χ3v) is 8.09. The lowest BCUT2D eigenvalue weighted by atomic mass is 9.97. The quantitative estimate of drug-likeness (QED) is 0.577. The van der Waals surface area contributed by atoms with Gasteiger partial charge in [-0.1, -0.05) is 24.3 Å². The van der Waals surface area contributed by atoms with Crippen LogP contribution in [0.15, 0.2) is 59.6 Å². The number of likely N-dealkylation sites (tertiary alicyclic amines) is 1. The summed E-state index contributed by atoms with van der Waals surface area (Å²) in [5, 5.41) is 11.7. The summed E-state index contributed by atoms with van der Waals surface area (Å²) in [5.74, 6) is -0.748. The molecule has 37 heavy (non-hydrogen) atoms. The van der Waals surface area contributed by atoms with Crippen LogP contribution in [0.25, 0.3) is 21.9 Å². The molecule has 2 aliphatic carbocycles. The number of benzene rings is 3. The van der Waals surface area contributed by atoms with Crippen molar-refractivity contribution in [3.63, 3.8) is 0 Å². The monoisotopic (exact) mass is 501 g/mol. The van der Waals surface area contributed by atoms with Gasteiger partial charge in [0.1, 0.15) is 28.6 Å². The Balaban J connectivity index is 1.14. The third-order valence-electron chi connectivity index (χ3n) is 8.09. The van der Waals surface area contributed by atoms with Crippen molar-refractivity contribution >= 4 is 28.4 Å². The average Bonchev–Trinajstić information content (AvgIpc) is 3.78. The minimum Gasteiger partial charge on any atom is -0.380 e. The molecule has 6 nitrogen and oxygen atoms in total. The van der Waals surface area contributed by atoms with Gasteiger partial charge in [-0.15, -0.1) is 0 Å². The molecule has 4 aliphatic rings. The number of fused-ring (bicyclic) bond motifs is 1. The summed E-state index contributed by atoms with van der Waals surface area (Å²) in [6.45, 7) is 1.30. The van der Waals surface area contributed by atoms with Gasteiger partial charge in [-0.05, 0) is 77.9 Å². The lowest BCUT2D eigenvalue weighted by Gasteiger charge is -2.42. The summed E-state index contributed by atoms with van der Waals surface area (Å²) < 4.78 is 29.2. The van der Waals surface area contributed by atoms with E-state index in [0.29, 0.717) is 56.7 Å². The largest absolute Gasteiger partial charge is 0.380 e. The molecule has 8 heteroatoms. The molecule has 0 atom stereocenters. The van der Waals surface area contributed by atoms with Crippen molar-refractivity contribution in [2.45, 2.75) is 36.8 Å². The summed E-state index contributed by atoms with van der Waals surface area (Å²) in [6, 6.07) is 15.0. The fourth-order valence-electron chi connectivity index (χ4n) is 5.49. The molecule has 3 aromatic rings. The van der Waals surface area contributed by atoms with Gasteiger partial charge in [0.25, 0.3) is 11.8 Å². The third kappa shape index (κ3) is 3.65. The Kier molecular flexibility index (Phi) is 4.68. The van der Waals surface area contributed by atoms with E-state index >= 15 is 4.39 Å². The van der Waals surface area contributed by atoms with Gasteiger partial charge in [0, 0.05) is 25.6 Å². The van der Waals surface area contributed by atoms with Gasteiger partial charge in [-0.2, -0.15) is 0 Å². The zero-order chi connectivity index (χ0) is 25.5. The van der Waals surface area contributed by atoms with Gasteiger partial charge < -0.3 is 10.0 Å². The smallest absolute Gasteiger partial charge is 0.256 e. The Bertz CT molecular complexity index is 1520. The maximum Gasteiger partial charge on any atom is 0.256 e. The summed E-state index contributed by atoms with van der Waals surface area (Å²) in [6.07, 6.45) is 2.31. The van der Waals surface area contributed by atoms with E-state index < -0.39 is 17.0 Å². The van der Waals surface area contributed by atoms with Gasteiger partial charge >= 0.3 is 0 Å². The standard InChI is InChI=1S/C29H25F2N3O3/c30-22-5-3-18-1-2-19(11-21(18)12-22)20-4-6-23(24(31)13-20)25-32-28(7-8-28)26(35)34(25)16-17-14-33(15-17)27(36)29(37)9-10-29/h1-6,11-13,17,37H,7-10,14-16H2. The molecule has 1 saturated heterocycles. The first-order valence-electron chi connectivity index (χ1n) is 12.7. The predicted octanol–water partition coefficient (Wildman–Crippen LogP) is 3.89. The highest BCUT2D eigenvalue weighted by Gasteiger charge is 2.58. The fourth-order valence-corrected chi connectivity index (χ4v) is 5.49. The van der Waals surface area contributed by atoms with Crippen molar-refractivity contribution in [1.82, 2.24) is 9.80 Å². The molecule has 0 unspecified atom stereocenters. The molecule has 3 fully saturated rings. The van der Waals surface area contributed by atoms with Gasteiger partial charge in [0.15, 0.2) is 0 Å². The molecule has 2 saturated carbocycles. The summed E-state index contributed by atoms with van der Waals surface area (Å²) >= 11 is 0. The molecule has 2 aliphatic heterocycles. The Hall–Kier alpha value is -3.65. The van der Waals surface area contributed by atoms with Crippen LogP contribution in [-0.2, 0) is 9.59 Å². The molecule has 188 valence electrons. The Morgan fingerprint density at radius 1 is 0.946 bits per heavy atom. The number of hydrogen-bond donors (Lipinski definition) is 1. The molecule has 1 spiro atoms. The maximum atomic E-state index is 15.5. The normalized spacial score (nSPS) is 21.4. The van der Waals surface area contributed by atoms with Crippen molar-refractivity contribution in [3.8, 4) is 11.1 Å². The van der Waals surface area contributed by atoms with Crippen LogP contribution in [0.1, 0.15) is 31.2 Å². The van der Waals surface area contributed by atoms with Crippen molar-refractivity contribution < 1.29 is 23.5 Å². The van der Waals surface area contributed by atoms with Crippen molar-refractivity contribution in [2.24, 2.45) is 10.9 Å². The number of amidine groups is 1. The van der Waals surface area contributed by atoms with Crippen molar-refractivity contribution in [2.75, 3.05) is 19.6 Å². The van der Waals surface area contributed by atoms with E-state index in [0.717, 1.165) is 16.3 Å². The molecular formula is C29H25F2N3O3. The molecule has 0 bridgehead atoms. The number of hydrogen-bond acceptors (Lipinski definition) is 4. The van der Waals surface area contributed by atoms with E-state index in [2.05, 4.69) is 4.99 Å². The number of aliphatic hydroxyl groups is 1. The number of carbonyl (C=O) groups is 2. The first kappa shape index (κ1) is 22.5. The minimum absolute atomic E-state index is 0.0506. The molecule has 0 aromatic heterocycles. The van der Waals surface area contributed by atoms with Gasteiger partial charge in [-0.25, -0.2) is 8.78 Å². The van der Waals surface area contributed by atoms with Crippen LogP contribution in [0, 0.1) is 17.6 Å². The first-order valence-corrected chi connectivity index (χ1v) is 12.7. The second kappa shape index (κ2) is 7.68. The van der Waals surface area contributed by atoms with Gasteiger partial charge in [0.2, 0.25) is 0 Å². The zero-order valence-corrected chi connectivity index (χ0v) is 20.1. The van der Waals surface area contributed by atoms with Crippen LogP contribution in [0.4, 0.5) is 8.78 Å². The topological polar surface area (TPSA) is 73.2 Å². The van der Waals surface area contributed by atoms with Crippen LogP contribution in [0.5, 0.6) is 0 Å². The highest BCUT2D eigenvalue weighted by atomic mass is 19.1. The molecule has 7 rings (SSSR count). The lowest BCUT2D eigenvalue weighted by molar-refractivity contribution is -0.149. The second-order valence-electron chi connectivity index (χ2n) is 10.9. The van der Waals surface area contributed by atoms with Crippen LogP contribution in [0.2, 0.25) is 0 Å². The van der Waals surface area contributed by atoms with E-state index in [1.807, 2.05) is 18.2 Å². The predicted molar refractivity (Wildman–Crippen MR) is 134 cm³/mol. The fraction of sp³-hybridized carbons (Fsp3) is 0.345. The highest BCUT2D eigenvalue weighted by Crippen LogP contribution is 2.47. The Morgan fingerprint density at radius 2 is 1.65 bits per heavy atom. The van der Waals surface area contributed by atoms with E-state index in [1.165, 1.54) is 18.2 Å². The lowest BCUT2D eigenvalue weighted by Crippen LogP contribution is -2.57. The molecule has 2 amide bonds. The first-order chi connectivity index (χ1) is 17.7. The number of halogens is 2. The van der Waals surface area contributed by atoms with E-state index in [-0.39, 0.29) is 29.1 Å². The number of amides is 2. The van der Waals surface area contributed by atoms with Gasteiger partial charge in [0.05, 0.1) is 5.56 Å². The van der Waals surface area contributed by atoms with Crippen LogP contribution < -0.4 is 0 Å². The average molecular weight is 502 g/mol. The van der Waals surface area contributed by atoms with E-state index in [9.17, 15) is 19.1 Å². The number of aliphatic imine (C=N–C) groups is 1. The molecule has 3 aromatic carbocycles. The van der Waals surface area contributed by atoms with Crippen molar-refractivity contribution in [1.29, 1.82) is 0 Å². The van der Waals surface area contributed by atoms with E-state index in [1.54, 1.807) is 28.0 Å². The minimum atomic E-state index is -1.19. The molecule has 1 N–H and O–H groups in total.